The zero-order valence-electron chi connectivity index (χ0n) is 9.63. The second-order valence-electron chi connectivity index (χ2n) is 5.59. The molecule has 2 heteroatoms. The third-order valence-electron chi connectivity index (χ3n) is 4.08. The molecule has 0 radical (unpaired) electrons. The lowest BCUT2D eigenvalue weighted by atomic mass is 10.0. The largest absolute Gasteiger partial charge is 0.325 e. The smallest absolute Gasteiger partial charge is 0.0201 e. The van der Waals surface area contributed by atoms with Gasteiger partial charge >= 0.3 is 0 Å². The molecule has 0 aromatic carbocycles. The number of nitrogens with two attached hydrogens (primary N) is 1. The van der Waals surface area contributed by atoms with Crippen LogP contribution in [0.25, 0.3) is 0 Å². The second kappa shape index (κ2) is 3.82. The van der Waals surface area contributed by atoms with Crippen LogP contribution in [0, 0.1) is 11.8 Å². The summed E-state index contributed by atoms with van der Waals surface area (Å²) in [4.78, 5) is 2.57. The van der Waals surface area contributed by atoms with Gasteiger partial charge < -0.3 is 10.6 Å². The van der Waals surface area contributed by atoms with Crippen molar-refractivity contribution in [3.05, 3.63) is 0 Å². The van der Waals surface area contributed by atoms with Crippen LogP contribution in [0.3, 0.4) is 0 Å². The fraction of sp³-hybridized carbons (Fsp3) is 1.00. The Morgan fingerprint density at radius 2 is 2.00 bits per heavy atom. The van der Waals surface area contributed by atoms with Crippen molar-refractivity contribution >= 4 is 0 Å². The van der Waals surface area contributed by atoms with Crippen molar-refractivity contribution in [2.45, 2.75) is 45.1 Å². The Bertz CT molecular complexity index is 196. The van der Waals surface area contributed by atoms with E-state index in [0.717, 1.165) is 11.8 Å². The van der Waals surface area contributed by atoms with E-state index >= 15 is 0 Å². The highest BCUT2D eigenvalue weighted by molar-refractivity contribution is 5.09. The molecule has 0 aromatic heterocycles. The molecule has 0 spiro atoms. The van der Waals surface area contributed by atoms with Crippen LogP contribution in [0.15, 0.2) is 0 Å². The van der Waals surface area contributed by atoms with Crippen molar-refractivity contribution < 1.29 is 0 Å². The molecule has 1 aliphatic heterocycles. The Morgan fingerprint density at radius 1 is 1.36 bits per heavy atom. The van der Waals surface area contributed by atoms with Gasteiger partial charge in [-0.2, -0.15) is 0 Å². The van der Waals surface area contributed by atoms with Crippen LogP contribution in [-0.4, -0.2) is 30.1 Å². The molecule has 1 aliphatic carbocycles. The number of rotatable bonds is 4. The molecule has 1 heterocycles. The van der Waals surface area contributed by atoms with Crippen LogP contribution >= 0.6 is 0 Å². The Labute approximate surface area is 87.8 Å². The fourth-order valence-electron chi connectivity index (χ4n) is 2.91. The summed E-state index contributed by atoms with van der Waals surface area (Å²) in [7, 11) is 0. The van der Waals surface area contributed by atoms with Gasteiger partial charge in [-0.3, -0.25) is 0 Å². The van der Waals surface area contributed by atoms with Gasteiger partial charge in [-0.15, -0.1) is 0 Å². The topological polar surface area (TPSA) is 29.3 Å². The lowest BCUT2D eigenvalue weighted by Crippen LogP contribution is -2.32. The average molecular weight is 196 g/mol. The molecule has 0 aromatic rings. The fourth-order valence-corrected chi connectivity index (χ4v) is 2.91. The number of likely N-dealkylation sites (tertiary alicyclic amines) is 1. The van der Waals surface area contributed by atoms with Gasteiger partial charge in [0.05, 0.1) is 0 Å². The van der Waals surface area contributed by atoms with E-state index in [-0.39, 0.29) is 5.54 Å². The lowest BCUT2D eigenvalue weighted by Gasteiger charge is -2.19. The van der Waals surface area contributed by atoms with Gasteiger partial charge in [0, 0.05) is 5.54 Å². The lowest BCUT2D eigenvalue weighted by molar-refractivity contribution is 0.307. The minimum Gasteiger partial charge on any atom is -0.325 e. The zero-order chi connectivity index (χ0) is 10.2. The van der Waals surface area contributed by atoms with Gasteiger partial charge in [-0.1, -0.05) is 13.8 Å². The number of hydrogen-bond acceptors (Lipinski definition) is 2. The molecular formula is C12H24N2. The molecule has 0 bridgehead atoms. The molecule has 1 saturated heterocycles. The molecule has 82 valence electrons. The Kier molecular flexibility index (Phi) is 2.85. The van der Waals surface area contributed by atoms with Crippen molar-refractivity contribution in [3.63, 3.8) is 0 Å². The average Bonchev–Trinajstić information content (AvgIpc) is 2.63. The van der Waals surface area contributed by atoms with Gasteiger partial charge in [0.25, 0.3) is 0 Å². The van der Waals surface area contributed by atoms with E-state index in [1.54, 1.807) is 0 Å². The van der Waals surface area contributed by atoms with E-state index in [1.165, 1.54) is 45.3 Å². The van der Waals surface area contributed by atoms with E-state index in [2.05, 4.69) is 18.7 Å². The molecule has 1 saturated carbocycles. The van der Waals surface area contributed by atoms with Gasteiger partial charge in [0.15, 0.2) is 0 Å². The van der Waals surface area contributed by atoms with Gasteiger partial charge in [0.2, 0.25) is 0 Å². The van der Waals surface area contributed by atoms with E-state index in [9.17, 15) is 0 Å². The Morgan fingerprint density at radius 3 is 2.50 bits per heavy atom. The molecule has 0 amide bonds. The quantitative estimate of drug-likeness (QED) is 0.743. The third kappa shape index (κ3) is 2.12. The predicted molar refractivity (Wildman–Crippen MR) is 60.2 cm³/mol. The number of nitrogens with zero attached hydrogens (tertiary/aromatic N) is 1. The van der Waals surface area contributed by atoms with Crippen LogP contribution in [0.1, 0.15) is 39.5 Å². The number of hydrogen-bond donors (Lipinski definition) is 1. The normalized spacial score (nSPS) is 38.1. The summed E-state index contributed by atoms with van der Waals surface area (Å²) in [5.74, 6) is 1.57. The highest BCUT2D eigenvalue weighted by atomic mass is 15.1. The summed E-state index contributed by atoms with van der Waals surface area (Å²) in [6, 6.07) is 0. The first-order valence-electron chi connectivity index (χ1n) is 6.13. The molecule has 2 N–H and O–H groups in total. The first kappa shape index (κ1) is 10.4. The molecule has 2 atom stereocenters. The van der Waals surface area contributed by atoms with Crippen molar-refractivity contribution in [1.29, 1.82) is 0 Å². The van der Waals surface area contributed by atoms with Crippen LogP contribution in [0.2, 0.25) is 0 Å². The van der Waals surface area contributed by atoms with Crippen molar-refractivity contribution in [2.75, 3.05) is 19.6 Å². The van der Waals surface area contributed by atoms with Gasteiger partial charge in [0.1, 0.15) is 0 Å². The molecule has 2 unspecified atom stereocenters. The summed E-state index contributed by atoms with van der Waals surface area (Å²) >= 11 is 0. The first-order chi connectivity index (χ1) is 6.62. The minimum atomic E-state index is 0.205. The SMILES string of the molecule is CC(C)C1CC1(N)CCN1CCCC1. The summed E-state index contributed by atoms with van der Waals surface area (Å²) in [6.07, 6.45) is 5.27. The maximum atomic E-state index is 6.34. The molecule has 2 rings (SSSR count). The molecule has 2 fully saturated rings. The maximum Gasteiger partial charge on any atom is 0.0201 e. The Hall–Kier alpha value is -0.0800. The minimum absolute atomic E-state index is 0.205. The zero-order valence-corrected chi connectivity index (χ0v) is 9.63. The molecule has 2 nitrogen and oxygen atoms in total. The second-order valence-corrected chi connectivity index (χ2v) is 5.59. The van der Waals surface area contributed by atoms with Gasteiger partial charge in [-0.05, 0) is 57.2 Å². The van der Waals surface area contributed by atoms with E-state index < -0.39 is 0 Å². The monoisotopic (exact) mass is 196 g/mol. The summed E-state index contributed by atoms with van der Waals surface area (Å²) in [5, 5.41) is 0. The van der Waals surface area contributed by atoms with Crippen molar-refractivity contribution in [1.82, 2.24) is 4.90 Å². The maximum absolute atomic E-state index is 6.34. The summed E-state index contributed by atoms with van der Waals surface area (Å²) in [6.45, 7) is 8.45. The predicted octanol–water partition coefficient (Wildman–Crippen LogP) is 1.85. The van der Waals surface area contributed by atoms with Crippen LogP contribution in [0.5, 0.6) is 0 Å². The van der Waals surface area contributed by atoms with Crippen molar-refractivity contribution in [2.24, 2.45) is 17.6 Å². The van der Waals surface area contributed by atoms with Crippen LogP contribution in [-0.2, 0) is 0 Å². The van der Waals surface area contributed by atoms with E-state index in [0.29, 0.717) is 0 Å². The van der Waals surface area contributed by atoms with E-state index in [4.69, 9.17) is 5.73 Å². The van der Waals surface area contributed by atoms with E-state index in [1.807, 2.05) is 0 Å². The standard InChI is InChI=1S/C12H24N2/c1-10(2)11-9-12(11,13)5-8-14-6-3-4-7-14/h10-11H,3-9,13H2,1-2H3. The van der Waals surface area contributed by atoms with Crippen LogP contribution in [0.4, 0.5) is 0 Å². The highest BCUT2D eigenvalue weighted by Crippen LogP contribution is 2.48. The summed E-state index contributed by atoms with van der Waals surface area (Å²) in [5.41, 5.74) is 6.55. The van der Waals surface area contributed by atoms with Gasteiger partial charge in [-0.25, -0.2) is 0 Å². The highest BCUT2D eigenvalue weighted by Gasteiger charge is 2.51. The molecule has 14 heavy (non-hydrogen) atoms. The van der Waals surface area contributed by atoms with Crippen LogP contribution < -0.4 is 5.73 Å². The third-order valence-corrected chi connectivity index (χ3v) is 4.08. The Balaban J connectivity index is 1.71. The van der Waals surface area contributed by atoms with Crippen molar-refractivity contribution in [3.8, 4) is 0 Å². The summed E-state index contributed by atoms with van der Waals surface area (Å²) < 4.78 is 0. The molecule has 2 aliphatic rings. The molecular weight excluding hydrogens is 172 g/mol. The first-order valence-corrected chi connectivity index (χ1v) is 6.13.